The number of anilines is 1. The number of benzene rings is 1. The molecule has 60 valence electrons. The standard InChI is InChI=1S/C10H10N2/c1-2-7-12-10-5-3-9(8-11)4-6-10/h2-6,12H,1,7H2. The van der Waals surface area contributed by atoms with Crippen LogP contribution >= 0.6 is 0 Å². The van der Waals surface area contributed by atoms with Crippen LogP contribution in [0.3, 0.4) is 0 Å². The summed E-state index contributed by atoms with van der Waals surface area (Å²) in [5.74, 6) is 0. The third-order valence-electron chi connectivity index (χ3n) is 1.46. The molecule has 0 atom stereocenters. The van der Waals surface area contributed by atoms with Gasteiger partial charge in [0, 0.05) is 12.2 Å². The fraction of sp³-hybridized carbons (Fsp3) is 0.100. The molecular weight excluding hydrogens is 148 g/mol. The Hall–Kier alpha value is -1.75. The molecule has 0 bridgehead atoms. The first-order valence-electron chi connectivity index (χ1n) is 3.72. The summed E-state index contributed by atoms with van der Waals surface area (Å²) in [5, 5.41) is 11.6. The molecule has 0 amide bonds. The fourth-order valence-electron chi connectivity index (χ4n) is 0.853. The molecule has 2 nitrogen and oxygen atoms in total. The predicted molar refractivity (Wildman–Crippen MR) is 49.8 cm³/mol. The molecule has 1 aromatic carbocycles. The topological polar surface area (TPSA) is 35.8 Å². The van der Waals surface area contributed by atoms with E-state index < -0.39 is 0 Å². The van der Waals surface area contributed by atoms with Crippen LogP contribution in [0.2, 0.25) is 0 Å². The van der Waals surface area contributed by atoms with Gasteiger partial charge in [-0.1, -0.05) is 6.08 Å². The molecule has 0 saturated heterocycles. The van der Waals surface area contributed by atoms with E-state index in [-0.39, 0.29) is 0 Å². The van der Waals surface area contributed by atoms with Crippen molar-refractivity contribution in [3.63, 3.8) is 0 Å². The number of nitriles is 1. The Kier molecular flexibility index (Phi) is 2.92. The molecule has 0 aliphatic rings. The largest absolute Gasteiger partial charge is 0.382 e. The van der Waals surface area contributed by atoms with Crippen LogP contribution in [0.4, 0.5) is 5.69 Å². The van der Waals surface area contributed by atoms with Gasteiger partial charge in [-0.25, -0.2) is 0 Å². The summed E-state index contributed by atoms with van der Waals surface area (Å²) < 4.78 is 0. The first-order valence-corrected chi connectivity index (χ1v) is 3.72. The molecule has 0 aromatic heterocycles. The van der Waals surface area contributed by atoms with Gasteiger partial charge in [0.25, 0.3) is 0 Å². The van der Waals surface area contributed by atoms with Gasteiger partial charge in [0.15, 0.2) is 0 Å². The van der Waals surface area contributed by atoms with Crippen molar-refractivity contribution in [2.24, 2.45) is 0 Å². The number of hydrogen-bond donors (Lipinski definition) is 1. The minimum absolute atomic E-state index is 0.680. The lowest BCUT2D eigenvalue weighted by Gasteiger charge is -2.01. The molecule has 0 saturated carbocycles. The quantitative estimate of drug-likeness (QED) is 0.684. The van der Waals surface area contributed by atoms with Gasteiger partial charge >= 0.3 is 0 Å². The summed E-state index contributed by atoms with van der Waals surface area (Å²) in [7, 11) is 0. The molecule has 1 rings (SSSR count). The maximum Gasteiger partial charge on any atom is 0.0991 e. The fourth-order valence-corrected chi connectivity index (χ4v) is 0.853. The van der Waals surface area contributed by atoms with Gasteiger partial charge in [0.05, 0.1) is 11.6 Å². The Bertz CT molecular complexity index is 293. The first kappa shape index (κ1) is 8.35. The van der Waals surface area contributed by atoms with E-state index in [1.807, 2.05) is 12.1 Å². The summed E-state index contributed by atoms with van der Waals surface area (Å²) in [6, 6.07) is 9.38. The van der Waals surface area contributed by atoms with Crippen molar-refractivity contribution >= 4 is 5.69 Å². The minimum atomic E-state index is 0.680. The van der Waals surface area contributed by atoms with E-state index >= 15 is 0 Å². The van der Waals surface area contributed by atoms with Crippen molar-refractivity contribution in [2.75, 3.05) is 11.9 Å². The van der Waals surface area contributed by atoms with Crippen molar-refractivity contribution in [3.05, 3.63) is 42.5 Å². The highest BCUT2D eigenvalue weighted by Crippen LogP contribution is 2.07. The molecule has 0 aliphatic carbocycles. The van der Waals surface area contributed by atoms with E-state index in [1.165, 1.54) is 0 Å². The van der Waals surface area contributed by atoms with Crippen molar-refractivity contribution < 1.29 is 0 Å². The third-order valence-corrected chi connectivity index (χ3v) is 1.46. The smallest absolute Gasteiger partial charge is 0.0991 e. The van der Waals surface area contributed by atoms with Crippen LogP contribution in [0, 0.1) is 11.3 Å². The van der Waals surface area contributed by atoms with Crippen LogP contribution < -0.4 is 5.32 Å². The van der Waals surface area contributed by atoms with Gasteiger partial charge in [-0.15, -0.1) is 6.58 Å². The Morgan fingerprint density at radius 1 is 1.42 bits per heavy atom. The lowest BCUT2D eigenvalue weighted by Crippen LogP contribution is -1.96. The number of hydrogen-bond acceptors (Lipinski definition) is 2. The van der Waals surface area contributed by atoms with Gasteiger partial charge in [-0.3, -0.25) is 0 Å². The average molecular weight is 158 g/mol. The van der Waals surface area contributed by atoms with Gasteiger partial charge in [0.2, 0.25) is 0 Å². The van der Waals surface area contributed by atoms with Crippen molar-refractivity contribution in [1.29, 1.82) is 5.26 Å². The Balaban J connectivity index is 2.66. The summed E-state index contributed by atoms with van der Waals surface area (Å²) in [6.45, 7) is 4.34. The van der Waals surface area contributed by atoms with Crippen LogP contribution in [0.15, 0.2) is 36.9 Å². The lowest BCUT2D eigenvalue weighted by molar-refractivity contribution is 1.34. The number of nitrogens with one attached hydrogen (secondary N) is 1. The van der Waals surface area contributed by atoms with E-state index in [0.29, 0.717) is 5.56 Å². The normalized spacial score (nSPS) is 8.58. The maximum absolute atomic E-state index is 8.52. The van der Waals surface area contributed by atoms with E-state index in [2.05, 4.69) is 18.0 Å². The van der Waals surface area contributed by atoms with Crippen LogP contribution in [-0.2, 0) is 0 Å². The highest BCUT2D eigenvalue weighted by atomic mass is 14.8. The minimum Gasteiger partial charge on any atom is -0.382 e. The van der Waals surface area contributed by atoms with Crippen LogP contribution in [-0.4, -0.2) is 6.54 Å². The molecule has 0 heterocycles. The summed E-state index contributed by atoms with van der Waals surface area (Å²) in [4.78, 5) is 0. The predicted octanol–water partition coefficient (Wildman–Crippen LogP) is 2.16. The van der Waals surface area contributed by atoms with E-state index in [4.69, 9.17) is 5.26 Å². The summed E-state index contributed by atoms with van der Waals surface area (Å²) >= 11 is 0. The molecule has 0 fully saturated rings. The molecule has 1 N–H and O–H groups in total. The third kappa shape index (κ3) is 2.14. The van der Waals surface area contributed by atoms with Gasteiger partial charge in [-0.2, -0.15) is 5.26 Å². The zero-order valence-corrected chi connectivity index (χ0v) is 6.75. The monoisotopic (exact) mass is 158 g/mol. The number of rotatable bonds is 3. The Morgan fingerprint density at radius 2 is 2.08 bits per heavy atom. The maximum atomic E-state index is 8.52. The van der Waals surface area contributed by atoms with Crippen molar-refractivity contribution in [3.8, 4) is 6.07 Å². The molecule has 2 heteroatoms. The van der Waals surface area contributed by atoms with Crippen LogP contribution in [0.5, 0.6) is 0 Å². The molecule has 1 aromatic rings. The van der Waals surface area contributed by atoms with E-state index in [1.54, 1.807) is 18.2 Å². The second-order valence-electron chi connectivity index (χ2n) is 2.36. The molecule has 0 aliphatic heterocycles. The van der Waals surface area contributed by atoms with Crippen molar-refractivity contribution in [2.45, 2.75) is 0 Å². The second kappa shape index (κ2) is 4.20. The number of nitrogens with zero attached hydrogens (tertiary/aromatic N) is 1. The average Bonchev–Trinajstić information content (AvgIpc) is 2.15. The Morgan fingerprint density at radius 3 is 2.58 bits per heavy atom. The zero-order chi connectivity index (χ0) is 8.81. The first-order chi connectivity index (χ1) is 5.86. The van der Waals surface area contributed by atoms with Crippen LogP contribution in [0.25, 0.3) is 0 Å². The summed E-state index contributed by atoms with van der Waals surface area (Å²) in [6.07, 6.45) is 1.79. The summed E-state index contributed by atoms with van der Waals surface area (Å²) in [5.41, 5.74) is 1.69. The van der Waals surface area contributed by atoms with E-state index in [9.17, 15) is 0 Å². The Labute approximate surface area is 72.1 Å². The van der Waals surface area contributed by atoms with Crippen molar-refractivity contribution in [1.82, 2.24) is 0 Å². The van der Waals surface area contributed by atoms with Gasteiger partial charge < -0.3 is 5.32 Å². The molecule has 0 spiro atoms. The van der Waals surface area contributed by atoms with E-state index in [0.717, 1.165) is 12.2 Å². The molecular formula is C10H10N2. The molecule has 0 unspecified atom stereocenters. The SMILES string of the molecule is C=CCNc1ccc(C#N)cc1. The second-order valence-corrected chi connectivity index (χ2v) is 2.36. The highest BCUT2D eigenvalue weighted by molar-refractivity contribution is 5.47. The zero-order valence-electron chi connectivity index (χ0n) is 6.75. The molecule has 0 radical (unpaired) electrons. The molecule has 12 heavy (non-hydrogen) atoms. The van der Waals surface area contributed by atoms with Gasteiger partial charge in [0.1, 0.15) is 0 Å². The van der Waals surface area contributed by atoms with Crippen LogP contribution in [0.1, 0.15) is 5.56 Å². The highest BCUT2D eigenvalue weighted by Gasteiger charge is 1.89. The van der Waals surface area contributed by atoms with Gasteiger partial charge in [-0.05, 0) is 24.3 Å². The lowest BCUT2D eigenvalue weighted by atomic mass is 10.2.